The molecule has 2 saturated carbocycles. The predicted octanol–water partition coefficient (Wildman–Crippen LogP) is 4.62. The van der Waals surface area contributed by atoms with E-state index in [0.29, 0.717) is 48.8 Å². The van der Waals surface area contributed by atoms with Gasteiger partial charge in [0, 0.05) is 38.1 Å². The lowest BCUT2D eigenvalue weighted by Crippen LogP contribution is -2.59. The standard InChI is InChI=1S/C33H51ClN4O4S/c1-37(43(2,41)42)23-33(27-10-4-3-5-11-27)16-18-38(19-17-33)32(40)30(20-24-12-14-28(34)15-13-24)36-31(39)29-21-25-8-6-7-9-26(25)22-35-29/h12-15,25-27,29-30,35H,3-11,16-23H2,1-2H3,(H,36,39)/t25-,26+,29+,30-/m1/s1. The van der Waals surface area contributed by atoms with Crippen molar-refractivity contribution in [2.24, 2.45) is 23.2 Å². The van der Waals surface area contributed by atoms with Gasteiger partial charge >= 0.3 is 0 Å². The Balaban J connectivity index is 1.29. The van der Waals surface area contributed by atoms with Crippen LogP contribution in [-0.2, 0) is 26.0 Å². The van der Waals surface area contributed by atoms with Crippen LogP contribution >= 0.6 is 11.6 Å². The molecule has 10 heteroatoms. The minimum Gasteiger partial charge on any atom is -0.343 e. The van der Waals surface area contributed by atoms with E-state index in [9.17, 15) is 18.0 Å². The third-order valence-corrected chi connectivity index (χ3v) is 12.7. The maximum absolute atomic E-state index is 14.1. The third kappa shape index (κ3) is 8.13. The average Bonchev–Trinajstić information content (AvgIpc) is 3.01. The van der Waals surface area contributed by atoms with Crippen LogP contribution in [0.4, 0.5) is 0 Å². The van der Waals surface area contributed by atoms with Crippen molar-refractivity contribution in [2.75, 3.05) is 39.5 Å². The van der Waals surface area contributed by atoms with Crippen LogP contribution in [0.3, 0.4) is 0 Å². The van der Waals surface area contributed by atoms with Gasteiger partial charge in [0.05, 0.1) is 12.3 Å². The summed E-state index contributed by atoms with van der Waals surface area (Å²) in [4.78, 5) is 29.7. The van der Waals surface area contributed by atoms with Crippen LogP contribution in [0, 0.1) is 23.2 Å². The Kier molecular flexibility index (Phi) is 10.8. The Morgan fingerprint density at radius 3 is 2.30 bits per heavy atom. The molecule has 43 heavy (non-hydrogen) atoms. The number of likely N-dealkylation sites (tertiary alicyclic amines) is 1. The van der Waals surface area contributed by atoms with E-state index >= 15 is 0 Å². The van der Waals surface area contributed by atoms with Gasteiger partial charge in [0.2, 0.25) is 21.8 Å². The second-order valence-electron chi connectivity index (χ2n) is 13.9. The Morgan fingerprint density at radius 2 is 1.65 bits per heavy atom. The van der Waals surface area contributed by atoms with Gasteiger partial charge in [-0.3, -0.25) is 9.59 Å². The molecule has 1 aromatic rings. The molecule has 0 spiro atoms. The van der Waals surface area contributed by atoms with E-state index in [0.717, 1.165) is 44.2 Å². The number of piperidine rings is 2. The monoisotopic (exact) mass is 634 g/mol. The first-order chi connectivity index (χ1) is 20.5. The fraction of sp³-hybridized carbons (Fsp3) is 0.758. The molecule has 0 bridgehead atoms. The molecule has 0 unspecified atom stereocenters. The maximum Gasteiger partial charge on any atom is 0.245 e. The lowest BCUT2D eigenvalue weighted by Gasteiger charge is -2.49. The van der Waals surface area contributed by atoms with Crippen LogP contribution in [0.1, 0.15) is 82.6 Å². The summed E-state index contributed by atoms with van der Waals surface area (Å²) in [5.74, 6) is 1.57. The molecule has 2 N–H and O–H groups in total. The first kappa shape index (κ1) is 32.7. The molecule has 0 aromatic heterocycles. The van der Waals surface area contributed by atoms with E-state index in [4.69, 9.17) is 11.6 Å². The fourth-order valence-electron chi connectivity index (χ4n) is 8.44. The minimum absolute atomic E-state index is 0.0524. The molecule has 5 rings (SSSR count). The largest absolute Gasteiger partial charge is 0.343 e. The van der Waals surface area contributed by atoms with Gasteiger partial charge in [0.1, 0.15) is 6.04 Å². The van der Waals surface area contributed by atoms with Gasteiger partial charge < -0.3 is 15.5 Å². The number of halogens is 1. The molecule has 2 amide bonds. The highest BCUT2D eigenvalue weighted by Crippen LogP contribution is 2.46. The molecule has 240 valence electrons. The van der Waals surface area contributed by atoms with Gasteiger partial charge in [0.15, 0.2) is 0 Å². The second-order valence-corrected chi connectivity index (χ2v) is 16.5. The van der Waals surface area contributed by atoms with E-state index in [1.807, 2.05) is 29.2 Å². The van der Waals surface area contributed by atoms with Crippen LogP contribution < -0.4 is 10.6 Å². The lowest BCUT2D eigenvalue weighted by atomic mass is 9.63. The van der Waals surface area contributed by atoms with Crippen molar-refractivity contribution in [3.05, 3.63) is 34.9 Å². The molecule has 2 aliphatic carbocycles. The zero-order chi connectivity index (χ0) is 30.6. The summed E-state index contributed by atoms with van der Waals surface area (Å²) >= 11 is 6.13. The smallest absolute Gasteiger partial charge is 0.245 e. The molecular weight excluding hydrogens is 584 g/mol. The molecule has 0 radical (unpaired) electrons. The van der Waals surface area contributed by atoms with Crippen molar-refractivity contribution in [1.82, 2.24) is 19.8 Å². The Hall–Kier alpha value is -1.68. The summed E-state index contributed by atoms with van der Waals surface area (Å²) in [7, 11) is -1.62. The molecular formula is C33H51ClN4O4S. The number of rotatable bonds is 9. The number of amides is 2. The van der Waals surface area contributed by atoms with E-state index in [2.05, 4.69) is 10.6 Å². The van der Waals surface area contributed by atoms with Crippen LogP contribution in [0.5, 0.6) is 0 Å². The van der Waals surface area contributed by atoms with Gasteiger partial charge in [-0.1, -0.05) is 62.3 Å². The summed E-state index contributed by atoms with van der Waals surface area (Å²) in [5, 5.41) is 7.29. The number of sulfonamides is 1. The molecule has 4 fully saturated rings. The quantitative estimate of drug-likeness (QED) is 0.413. The van der Waals surface area contributed by atoms with E-state index in [1.165, 1.54) is 55.5 Å². The number of nitrogens with one attached hydrogen (secondary N) is 2. The Morgan fingerprint density at radius 1 is 1.02 bits per heavy atom. The van der Waals surface area contributed by atoms with Gasteiger partial charge in [-0.05, 0) is 85.9 Å². The van der Waals surface area contributed by atoms with Gasteiger partial charge in [0.25, 0.3) is 0 Å². The number of nitrogens with zero attached hydrogens (tertiary/aromatic N) is 2. The summed E-state index contributed by atoms with van der Waals surface area (Å²) in [5.41, 5.74) is 0.822. The number of hydrogen-bond donors (Lipinski definition) is 2. The van der Waals surface area contributed by atoms with Crippen LogP contribution in [0.25, 0.3) is 0 Å². The molecule has 8 nitrogen and oxygen atoms in total. The van der Waals surface area contributed by atoms with Gasteiger partial charge in [-0.2, -0.15) is 0 Å². The zero-order valence-electron chi connectivity index (χ0n) is 26.0. The van der Waals surface area contributed by atoms with Crippen LogP contribution in [0.2, 0.25) is 5.02 Å². The fourth-order valence-corrected chi connectivity index (χ4v) is 9.05. The third-order valence-electron chi connectivity index (χ3n) is 11.2. The lowest BCUT2D eigenvalue weighted by molar-refractivity contribution is -0.140. The summed E-state index contributed by atoms with van der Waals surface area (Å²) in [6.07, 6.45) is 14.9. The number of fused-ring (bicyclic) bond motifs is 1. The molecule has 4 aliphatic rings. The first-order valence-corrected chi connectivity index (χ1v) is 18.7. The number of hydrogen-bond acceptors (Lipinski definition) is 5. The second kappa shape index (κ2) is 14.2. The number of carbonyl (C=O) groups is 2. The highest BCUT2D eigenvalue weighted by molar-refractivity contribution is 7.88. The van der Waals surface area contributed by atoms with Crippen molar-refractivity contribution < 1.29 is 18.0 Å². The molecule has 4 atom stereocenters. The van der Waals surface area contributed by atoms with E-state index in [1.54, 1.807) is 7.05 Å². The summed E-state index contributed by atoms with van der Waals surface area (Å²) in [6.45, 7) is 2.52. The normalized spacial score (nSPS) is 27.3. The molecule has 2 heterocycles. The van der Waals surface area contributed by atoms with Gasteiger partial charge in [-0.25, -0.2) is 12.7 Å². The maximum atomic E-state index is 14.1. The Bertz CT molecular complexity index is 1210. The van der Waals surface area contributed by atoms with Crippen molar-refractivity contribution in [1.29, 1.82) is 0 Å². The van der Waals surface area contributed by atoms with Crippen molar-refractivity contribution >= 4 is 33.4 Å². The minimum atomic E-state index is -3.30. The zero-order valence-corrected chi connectivity index (χ0v) is 27.6. The average molecular weight is 635 g/mol. The SMILES string of the molecule is CN(CC1(C2CCCCC2)CCN(C(=O)[C@@H](Cc2ccc(Cl)cc2)NC(=O)[C@@H]2C[C@H]3CCCC[C@H]3CN2)CC1)S(C)(=O)=O. The molecule has 2 aliphatic heterocycles. The van der Waals surface area contributed by atoms with Crippen molar-refractivity contribution in [2.45, 2.75) is 95.6 Å². The highest BCUT2D eigenvalue weighted by Gasteiger charge is 2.45. The van der Waals surface area contributed by atoms with Crippen LogP contribution in [-0.4, -0.2) is 81.0 Å². The molecule has 2 saturated heterocycles. The Labute approximate surface area is 263 Å². The van der Waals surface area contributed by atoms with Crippen molar-refractivity contribution in [3.8, 4) is 0 Å². The topological polar surface area (TPSA) is 98.8 Å². The highest BCUT2D eigenvalue weighted by atomic mass is 35.5. The van der Waals surface area contributed by atoms with E-state index < -0.39 is 16.1 Å². The van der Waals surface area contributed by atoms with Crippen molar-refractivity contribution in [3.63, 3.8) is 0 Å². The number of carbonyl (C=O) groups excluding carboxylic acids is 2. The predicted molar refractivity (Wildman–Crippen MR) is 171 cm³/mol. The van der Waals surface area contributed by atoms with Gasteiger partial charge in [-0.15, -0.1) is 0 Å². The number of benzene rings is 1. The first-order valence-electron chi connectivity index (χ1n) is 16.5. The summed E-state index contributed by atoms with van der Waals surface area (Å²) < 4.78 is 26.3. The van der Waals surface area contributed by atoms with Crippen LogP contribution in [0.15, 0.2) is 24.3 Å². The van der Waals surface area contributed by atoms with E-state index in [-0.39, 0.29) is 23.3 Å². The molecule has 1 aromatic carbocycles. The summed E-state index contributed by atoms with van der Waals surface area (Å²) in [6, 6.07) is 6.55.